The number of carbonyl (C=O) groups is 1. The van der Waals surface area contributed by atoms with Crippen LogP contribution in [-0.2, 0) is 15.1 Å². The van der Waals surface area contributed by atoms with Crippen LogP contribution in [-0.4, -0.2) is 41.7 Å². The summed E-state index contributed by atoms with van der Waals surface area (Å²) in [4.78, 5) is 21.1. The van der Waals surface area contributed by atoms with Crippen LogP contribution in [0.25, 0.3) is 11.0 Å². The number of ether oxygens (including phenoxy) is 1. The summed E-state index contributed by atoms with van der Waals surface area (Å²) in [6.07, 6.45) is 5.00. The van der Waals surface area contributed by atoms with Gasteiger partial charge in [0, 0.05) is 24.5 Å². The summed E-state index contributed by atoms with van der Waals surface area (Å²) in [6, 6.07) is 5.87. The van der Waals surface area contributed by atoms with Gasteiger partial charge in [0.25, 0.3) is 0 Å². The third kappa shape index (κ3) is 3.14. The van der Waals surface area contributed by atoms with Crippen molar-refractivity contribution in [2.75, 3.05) is 20.2 Å². The van der Waals surface area contributed by atoms with E-state index in [1.54, 1.807) is 18.5 Å². The van der Waals surface area contributed by atoms with Crippen molar-refractivity contribution >= 4 is 17.0 Å². The van der Waals surface area contributed by atoms with Crippen molar-refractivity contribution in [3.05, 3.63) is 35.7 Å². The summed E-state index contributed by atoms with van der Waals surface area (Å²) < 4.78 is 4.97. The second-order valence-electron chi connectivity index (χ2n) is 7.13. The molecule has 7 heteroatoms. The number of piperidine rings is 1. The Morgan fingerprint density at radius 1 is 1.35 bits per heavy atom. The zero-order valence-electron chi connectivity index (χ0n) is 15.3. The zero-order chi connectivity index (χ0) is 18.8. The quantitative estimate of drug-likeness (QED) is 0.806. The Morgan fingerprint density at radius 3 is 2.69 bits per heavy atom. The van der Waals surface area contributed by atoms with Gasteiger partial charge in [0.15, 0.2) is 0 Å². The van der Waals surface area contributed by atoms with Gasteiger partial charge in [-0.3, -0.25) is 20.1 Å². The third-order valence-electron chi connectivity index (χ3n) is 4.89. The minimum Gasteiger partial charge on any atom is -0.468 e. The lowest BCUT2D eigenvalue weighted by molar-refractivity contribution is -0.148. The fraction of sp³-hybridized carbons (Fsp3) is 0.474. The van der Waals surface area contributed by atoms with Crippen molar-refractivity contribution in [3.63, 3.8) is 0 Å². The van der Waals surface area contributed by atoms with E-state index >= 15 is 0 Å². The average molecular weight is 353 g/mol. The molecule has 1 aliphatic rings. The van der Waals surface area contributed by atoms with Gasteiger partial charge in [-0.1, -0.05) is 6.07 Å². The van der Waals surface area contributed by atoms with Crippen LogP contribution < -0.4 is 10.6 Å². The second-order valence-corrected chi connectivity index (χ2v) is 7.13. The topological polar surface area (TPSA) is 99.9 Å². The molecule has 1 aliphatic heterocycles. The molecule has 2 N–H and O–H groups in total. The molecule has 1 fully saturated rings. The number of fused-ring (bicyclic) bond motifs is 1. The maximum Gasteiger partial charge on any atom is 0.325 e. The Hall–Kier alpha value is -2.56. The van der Waals surface area contributed by atoms with Gasteiger partial charge in [0.1, 0.15) is 17.1 Å². The molecule has 3 rings (SSSR count). The fourth-order valence-electron chi connectivity index (χ4n) is 3.75. The monoisotopic (exact) mass is 353 g/mol. The predicted octanol–water partition coefficient (Wildman–Crippen LogP) is 1.62. The highest BCUT2D eigenvalue weighted by Gasteiger charge is 2.43. The highest BCUT2D eigenvalue weighted by Crippen LogP contribution is 2.35. The second kappa shape index (κ2) is 6.98. The number of nitriles is 1. The largest absolute Gasteiger partial charge is 0.468 e. The van der Waals surface area contributed by atoms with Crippen LogP contribution in [0.2, 0.25) is 0 Å². The van der Waals surface area contributed by atoms with E-state index in [0.717, 1.165) is 24.9 Å². The molecule has 2 aromatic rings. The van der Waals surface area contributed by atoms with Crippen molar-refractivity contribution in [1.82, 2.24) is 20.6 Å². The zero-order valence-corrected chi connectivity index (χ0v) is 15.3. The standard InChI is InChI=1S/C19H23N5O2/c1-18(2,17(25)26-3)24-19(7-4-8-21-12-19)14-6-5-13(11-20)15-16(14)23-10-9-22-15/h5-6,9-10,21,24H,4,7-8,12H2,1-3H3/t19-/m0/s1. The number of carbonyl (C=O) groups excluding carboxylic acids is 1. The first-order valence-electron chi connectivity index (χ1n) is 8.66. The molecule has 0 saturated carbocycles. The maximum absolute atomic E-state index is 12.3. The number of hydrogen-bond acceptors (Lipinski definition) is 7. The molecule has 1 aromatic heterocycles. The van der Waals surface area contributed by atoms with E-state index in [4.69, 9.17) is 4.74 Å². The molecular weight excluding hydrogens is 330 g/mol. The number of esters is 1. The summed E-state index contributed by atoms with van der Waals surface area (Å²) in [5.74, 6) is -0.327. The smallest absolute Gasteiger partial charge is 0.325 e. The maximum atomic E-state index is 12.3. The van der Waals surface area contributed by atoms with Gasteiger partial charge in [-0.25, -0.2) is 0 Å². The van der Waals surface area contributed by atoms with E-state index in [1.165, 1.54) is 7.11 Å². The molecule has 2 heterocycles. The molecule has 0 bridgehead atoms. The highest BCUT2D eigenvalue weighted by molar-refractivity contribution is 5.85. The number of nitrogens with one attached hydrogen (secondary N) is 2. The molecule has 0 unspecified atom stereocenters. The lowest BCUT2D eigenvalue weighted by atomic mass is 9.79. The minimum absolute atomic E-state index is 0.327. The molecule has 1 aromatic carbocycles. The number of methoxy groups -OCH3 is 1. The van der Waals surface area contributed by atoms with Gasteiger partial charge < -0.3 is 10.1 Å². The minimum atomic E-state index is -0.879. The first-order valence-corrected chi connectivity index (χ1v) is 8.66. The van der Waals surface area contributed by atoms with Crippen LogP contribution in [0.15, 0.2) is 24.5 Å². The van der Waals surface area contributed by atoms with Crippen molar-refractivity contribution < 1.29 is 9.53 Å². The molecule has 0 radical (unpaired) electrons. The molecular formula is C19H23N5O2. The van der Waals surface area contributed by atoms with Gasteiger partial charge in [-0.2, -0.15) is 5.26 Å². The molecule has 0 amide bonds. The lowest BCUT2D eigenvalue weighted by Gasteiger charge is -2.44. The number of benzene rings is 1. The molecule has 1 saturated heterocycles. The molecule has 26 heavy (non-hydrogen) atoms. The van der Waals surface area contributed by atoms with Gasteiger partial charge in [-0.15, -0.1) is 0 Å². The highest BCUT2D eigenvalue weighted by atomic mass is 16.5. The van der Waals surface area contributed by atoms with E-state index in [2.05, 4.69) is 26.7 Å². The van der Waals surface area contributed by atoms with E-state index in [1.807, 2.05) is 19.9 Å². The summed E-state index contributed by atoms with van der Waals surface area (Å²) >= 11 is 0. The lowest BCUT2D eigenvalue weighted by Crippen LogP contribution is -2.62. The Balaban J connectivity index is 2.17. The molecule has 0 aliphatic carbocycles. The number of aromatic nitrogens is 2. The van der Waals surface area contributed by atoms with Crippen LogP contribution in [0.4, 0.5) is 0 Å². The van der Waals surface area contributed by atoms with Crippen molar-refractivity contribution in [2.24, 2.45) is 0 Å². The van der Waals surface area contributed by atoms with E-state index in [0.29, 0.717) is 23.1 Å². The number of hydrogen-bond donors (Lipinski definition) is 2. The van der Waals surface area contributed by atoms with Crippen LogP contribution in [0, 0.1) is 11.3 Å². The number of nitrogens with zero attached hydrogens (tertiary/aromatic N) is 3. The summed E-state index contributed by atoms with van der Waals surface area (Å²) in [7, 11) is 1.39. The Bertz CT molecular complexity index is 866. The Morgan fingerprint density at radius 2 is 2.08 bits per heavy atom. The van der Waals surface area contributed by atoms with Gasteiger partial charge >= 0.3 is 5.97 Å². The van der Waals surface area contributed by atoms with Gasteiger partial charge in [0.05, 0.1) is 23.7 Å². The van der Waals surface area contributed by atoms with Crippen molar-refractivity contribution in [1.29, 1.82) is 5.26 Å². The summed E-state index contributed by atoms with van der Waals surface area (Å²) in [5, 5.41) is 16.3. The SMILES string of the molecule is COC(=O)C(C)(C)N[C@@]1(c2ccc(C#N)c3nccnc23)CCCNC1. The van der Waals surface area contributed by atoms with Crippen molar-refractivity contribution in [2.45, 2.75) is 37.8 Å². The summed E-state index contributed by atoms with van der Waals surface area (Å²) in [5.41, 5.74) is 1.29. The van der Waals surface area contributed by atoms with E-state index in [9.17, 15) is 10.1 Å². The van der Waals surface area contributed by atoms with E-state index < -0.39 is 11.1 Å². The van der Waals surface area contributed by atoms with Crippen molar-refractivity contribution in [3.8, 4) is 6.07 Å². The summed E-state index contributed by atoms with van der Waals surface area (Å²) in [6.45, 7) is 5.19. The average Bonchev–Trinajstić information content (AvgIpc) is 2.66. The third-order valence-corrected chi connectivity index (χ3v) is 4.89. The van der Waals surface area contributed by atoms with Gasteiger partial charge in [-0.05, 0) is 39.3 Å². The van der Waals surface area contributed by atoms with Crippen LogP contribution in [0.5, 0.6) is 0 Å². The molecule has 136 valence electrons. The Kier molecular flexibility index (Phi) is 4.90. The Labute approximate surface area is 152 Å². The number of rotatable bonds is 4. The van der Waals surface area contributed by atoms with Crippen LogP contribution in [0.1, 0.15) is 37.8 Å². The van der Waals surface area contributed by atoms with Crippen LogP contribution >= 0.6 is 0 Å². The molecule has 1 atom stereocenters. The van der Waals surface area contributed by atoms with E-state index in [-0.39, 0.29) is 5.97 Å². The first-order chi connectivity index (χ1) is 12.4. The normalized spacial score (nSPS) is 20.5. The first kappa shape index (κ1) is 18.2. The molecule has 0 spiro atoms. The van der Waals surface area contributed by atoms with Gasteiger partial charge in [0.2, 0.25) is 0 Å². The molecule has 7 nitrogen and oxygen atoms in total. The van der Waals surface area contributed by atoms with Crippen LogP contribution in [0.3, 0.4) is 0 Å². The fourth-order valence-corrected chi connectivity index (χ4v) is 3.75. The predicted molar refractivity (Wildman–Crippen MR) is 97.3 cm³/mol.